The second-order valence-electron chi connectivity index (χ2n) is 6.90. The molecular weight excluding hydrogens is 324 g/mol. The molecule has 0 unspecified atom stereocenters. The number of non-ortho nitro benzene ring substituents is 1. The van der Waals surface area contributed by atoms with Gasteiger partial charge in [0.1, 0.15) is 0 Å². The molecule has 134 valence electrons. The summed E-state index contributed by atoms with van der Waals surface area (Å²) in [4.78, 5) is 36.6. The van der Waals surface area contributed by atoms with Crippen LogP contribution < -0.4 is 16.6 Å². The summed E-state index contributed by atoms with van der Waals surface area (Å²) in [7, 11) is 0. The zero-order chi connectivity index (χ0) is 18.1. The van der Waals surface area contributed by atoms with Crippen LogP contribution in [0.3, 0.4) is 0 Å². The Kier molecular flexibility index (Phi) is 4.71. The summed E-state index contributed by atoms with van der Waals surface area (Å²) < 4.78 is 2.88. The Morgan fingerprint density at radius 2 is 1.96 bits per heavy atom. The molecule has 0 saturated carbocycles. The Hall–Kier alpha value is -2.48. The maximum Gasteiger partial charge on any atom is 0.331 e. The number of aromatic nitrogens is 2. The first-order valence-corrected chi connectivity index (χ1v) is 8.54. The van der Waals surface area contributed by atoms with Crippen molar-refractivity contribution < 1.29 is 4.92 Å². The topological polar surface area (TPSA) is 99.2 Å². The van der Waals surface area contributed by atoms with E-state index in [1.165, 1.54) is 22.8 Å². The van der Waals surface area contributed by atoms with Crippen LogP contribution in [0.4, 0.5) is 5.69 Å². The van der Waals surface area contributed by atoms with Crippen LogP contribution in [-0.4, -0.2) is 27.1 Å². The lowest BCUT2D eigenvalue weighted by Crippen LogP contribution is -2.45. The standard InChI is InChI=1S/C17H22N4O4/c1-11(2)10-19-15-4-3-13(21(24)25)9-14(15)16(22)20(17(19)23)12-5-7-18-8-6-12/h3-4,9,11-12,18H,5-8,10H2,1-2H3. The molecule has 0 atom stereocenters. The number of piperidine rings is 1. The highest BCUT2D eigenvalue weighted by Crippen LogP contribution is 2.20. The third kappa shape index (κ3) is 3.21. The number of rotatable bonds is 4. The van der Waals surface area contributed by atoms with E-state index in [1.807, 2.05) is 13.8 Å². The van der Waals surface area contributed by atoms with Crippen molar-refractivity contribution in [3.05, 3.63) is 49.2 Å². The first kappa shape index (κ1) is 17.3. The molecular formula is C17H22N4O4. The molecule has 1 aromatic heterocycles. The van der Waals surface area contributed by atoms with Crippen LogP contribution in [0, 0.1) is 16.0 Å². The summed E-state index contributed by atoms with van der Waals surface area (Å²) in [5.41, 5.74) is -0.446. The summed E-state index contributed by atoms with van der Waals surface area (Å²) in [6.07, 6.45) is 1.38. The van der Waals surface area contributed by atoms with Crippen LogP contribution in [0.25, 0.3) is 10.9 Å². The third-order valence-electron chi connectivity index (χ3n) is 4.59. The van der Waals surface area contributed by atoms with Crippen LogP contribution in [0.2, 0.25) is 0 Å². The fourth-order valence-corrected chi connectivity index (χ4v) is 3.42. The maximum atomic E-state index is 13.0. The molecule has 0 spiro atoms. The van der Waals surface area contributed by atoms with E-state index in [0.717, 1.165) is 13.1 Å². The zero-order valence-corrected chi connectivity index (χ0v) is 14.4. The number of hydrogen-bond donors (Lipinski definition) is 1. The van der Waals surface area contributed by atoms with E-state index in [1.54, 1.807) is 4.57 Å². The molecule has 25 heavy (non-hydrogen) atoms. The number of nitro groups is 1. The van der Waals surface area contributed by atoms with Gasteiger partial charge in [0.25, 0.3) is 11.2 Å². The van der Waals surface area contributed by atoms with Gasteiger partial charge in [0.05, 0.1) is 15.8 Å². The minimum atomic E-state index is -0.522. The van der Waals surface area contributed by atoms with Gasteiger partial charge < -0.3 is 5.32 Å². The smallest absolute Gasteiger partial charge is 0.317 e. The number of fused-ring (bicyclic) bond motifs is 1. The molecule has 1 saturated heterocycles. The van der Waals surface area contributed by atoms with Crippen LogP contribution in [0.5, 0.6) is 0 Å². The van der Waals surface area contributed by atoms with E-state index >= 15 is 0 Å². The lowest BCUT2D eigenvalue weighted by Gasteiger charge is -2.25. The minimum absolute atomic E-state index is 0.142. The fourth-order valence-electron chi connectivity index (χ4n) is 3.42. The number of nitro benzene ring substituents is 1. The predicted octanol–water partition coefficient (Wildman–Crippen LogP) is 1.65. The molecule has 0 amide bonds. The van der Waals surface area contributed by atoms with Gasteiger partial charge in [-0.3, -0.25) is 24.0 Å². The van der Waals surface area contributed by atoms with Crippen LogP contribution in [-0.2, 0) is 6.54 Å². The molecule has 2 aromatic rings. The molecule has 3 rings (SSSR count). The maximum absolute atomic E-state index is 13.0. The van der Waals surface area contributed by atoms with Crippen molar-refractivity contribution >= 4 is 16.6 Å². The fraction of sp³-hybridized carbons (Fsp3) is 0.529. The molecule has 0 aliphatic carbocycles. The molecule has 1 aliphatic rings. The van der Waals surface area contributed by atoms with Gasteiger partial charge in [-0.2, -0.15) is 0 Å². The first-order valence-electron chi connectivity index (χ1n) is 8.54. The van der Waals surface area contributed by atoms with Gasteiger partial charge in [-0.1, -0.05) is 13.8 Å². The van der Waals surface area contributed by atoms with E-state index in [2.05, 4.69) is 5.32 Å². The molecule has 8 heteroatoms. The number of nitrogens with zero attached hydrogens (tertiary/aromatic N) is 3. The summed E-state index contributed by atoms with van der Waals surface area (Å²) in [5.74, 6) is 0.204. The third-order valence-corrected chi connectivity index (χ3v) is 4.59. The highest BCUT2D eigenvalue weighted by Gasteiger charge is 2.23. The minimum Gasteiger partial charge on any atom is -0.317 e. The van der Waals surface area contributed by atoms with Crippen molar-refractivity contribution in [2.75, 3.05) is 13.1 Å². The van der Waals surface area contributed by atoms with Crippen molar-refractivity contribution in [3.63, 3.8) is 0 Å². The van der Waals surface area contributed by atoms with E-state index in [4.69, 9.17) is 0 Å². The Labute approximate surface area is 144 Å². The molecule has 0 bridgehead atoms. The van der Waals surface area contributed by atoms with Gasteiger partial charge in [-0.05, 0) is 37.9 Å². The molecule has 1 fully saturated rings. The second-order valence-corrected chi connectivity index (χ2v) is 6.90. The SMILES string of the molecule is CC(C)Cn1c(=O)n(C2CCNCC2)c(=O)c2cc([N+](=O)[O-])ccc21. The Balaban J connectivity index is 2.32. The van der Waals surface area contributed by atoms with Crippen molar-refractivity contribution in [2.45, 2.75) is 39.3 Å². The molecule has 0 radical (unpaired) electrons. The van der Waals surface area contributed by atoms with Gasteiger partial charge in [0.2, 0.25) is 0 Å². The Morgan fingerprint density at radius 3 is 2.56 bits per heavy atom. The summed E-state index contributed by atoms with van der Waals surface area (Å²) in [6, 6.07) is 3.95. The summed E-state index contributed by atoms with van der Waals surface area (Å²) in [5, 5.41) is 14.5. The van der Waals surface area contributed by atoms with Crippen molar-refractivity contribution in [3.8, 4) is 0 Å². The van der Waals surface area contributed by atoms with Crippen LogP contribution in [0.15, 0.2) is 27.8 Å². The highest BCUT2D eigenvalue weighted by molar-refractivity contribution is 5.80. The zero-order valence-electron chi connectivity index (χ0n) is 14.4. The predicted molar refractivity (Wildman–Crippen MR) is 95.1 cm³/mol. The first-order chi connectivity index (χ1) is 11.9. The monoisotopic (exact) mass is 346 g/mol. The van der Waals surface area contributed by atoms with Crippen molar-refractivity contribution in [1.82, 2.24) is 14.5 Å². The normalized spacial score (nSPS) is 15.8. The quantitative estimate of drug-likeness (QED) is 0.670. The van der Waals surface area contributed by atoms with Crippen molar-refractivity contribution in [1.29, 1.82) is 0 Å². The summed E-state index contributed by atoms with van der Waals surface area (Å²) in [6.45, 7) is 5.92. The number of benzene rings is 1. The van der Waals surface area contributed by atoms with Gasteiger partial charge in [-0.25, -0.2) is 4.79 Å². The van der Waals surface area contributed by atoms with Crippen LogP contribution >= 0.6 is 0 Å². The molecule has 1 aliphatic heterocycles. The number of hydrogen-bond acceptors (Lipinski definition) is 5. The van der Waals surface area contributed by atoms with Gasteiger partial charge in [0.15, 0.2) is 0 Å². The second kappa shape index (κ2) is 6.79. The average molecular weight is 346 g/mol. The molecule has 8 nitrogen and oxygen atoms in total. The molecule has 2 heterocycles. The van der Waals surface area contributed by atoms with Gasteiger partial charge in [-0.15, -0.1) is 0 Å². The van der Waals surface area contributed by atoms with Gasteiger partial charge in [0, 0.05) is 24.7 Å². The average Bonchev–Trinajstić information content (AvgIpc) is 2.59. The Bertz CT molecular complexity index is 923. The summed E-state index contributed by atoms with van der Waals surface area (Å²) >= 11 is 0. The number of nitrogens with one attached hydrogen (secondary N) is 1. The highest BCUT2D eigenvalue weighted by atomic mass is 16.6. The van der Waals surface area contributed by atoms with E-state index in [9.17, 15) is 19.7 Å². The lowest BCUT2D eigenvalue weighted by atomic mass is 10.1. The lowest BCUT2D eigenvalue weighted by molar-refractivity contribution is -0.384. The largest absolute Gasteiger partial charge is 0.331 e. The van der Waals surface area contributed by atoms with E-state index < -0.39 is 10.5 Å². The van der Waals surface area contributed by atoms with Gasteiger partial charge >= 0.3 is 5.69 Å². The van der Waals surface area contributed by atoms with E-state index in [0.29, 0.717) is 24.9 Å². The van der Waals surface area contributed by atoms with E-state index in [-0.39, 0.29) is 28.7 Å². The van der Waals surface area contributed by atoms with Crippen LogP contribution in [0.1, 0.15) is 32.7 Å². The molecule has 1 N–H and O–H groups in total. The Morgan fingerprint density at radius 1 is 1.28 bits per heavy atom. The molecule has 1 aromatic carbocycles. The van der Waals surface area contributed by atoms with Crippen molar-refractivity contribution in [2.24, 2.45) is 5.92 Å².